The predicted molar refractivity (Wildman–Crippen MR) is 86.3 cm³/mol. The third-order valence-electron chi connectivity index (χ3n) is 4.00. The molecule has 1 heterocycles. The molecule has 1 aliphatic rings. The molecule has 1 aromatic rings. The van der Waals surface area contributed by atoms with Crippen molar-refractivity contribution in [2.45, 2.75) is 26.8 Å². The van der Waals surface area contributed by atoms with E-state index in [-0.39, 0.29) is 11.8 Å². The first kappa shape index (κ1) is 16.5. The number of aryl methyl sites for hydroxylation is 1. The molecule has 22 heavy (non-hydrogen) atoms. The van der Waals surface area contributed by atoms with Crippen LogP contribution in [0.4, 0.5) is 0 Å². The van der Waals surface area contributed by atoms with Gasteiger partial charge in [-0.25, -0.2) is 0 Å². The largest absolute Gasteiger partial charge is 0.339 e. The highest BCUT2D eigenvalue weighted by molar-refractivity contribution is 5.77. The number of piperazine rings is 1. The Balaban J connectivity index is 1.65. The van der Waals surface area contributed by atoms with E-state index in [4.69, 9.17) is 0 Å². The highest BCUT2D eigenvalue weighted by atomic mass is 16.2. The summed E-state index contributed by atoms with van der Waals surface area (Å²) in [5.74, 6) is 0.256. The maximum Gasteiger partial charge on any atom is 0.223 e. The van der Waals surface area contributed by atoms with E-state index in [9.17, 15) is 9.59 Å². The standard InChI is InChI=1S/C17H25N3O2/c1-14-4-3-5-16(12-14)13-18-7-6-17(22)20-10-8-19(9-11-20)15(2)21/h3-5,12,18H,6-11,13H2,1-2H3. The first-order valence-electron chi connectivity index (χ1n) is 7.86. The van der Waals surface area contributed by atoms with Gasteiger partial charge in [-0.1, -0.05) is 29.8 Å². The average molecular weight is 303 g/mol. The molecule has 0 bridgehead atoms. The van der Waals surface area contributed by atoms with Gasteiger partial charge in [-0.15, -0.1) is 0 Å². The summed E-state index contributed by atoms with van der Waals surface area (Å²) in [5, 5.41) is 3.31. The van der Waals surface area contributed by atoms with Crippen LogP contribution in [0.5, 0.6) is 0 Å². The number of hydrogen-bond acceptors (Lipinski definition) is 3. The maximum absolute atomic E-state index is 12.1. The van der Waals surface area contributed by atoms with Gasteiger partial charge in [0.05, 0.1) is 0 Å². The molecular formula is C17H25N3O2. The molecule has 0 spiro atoms. The number of carbonyl (C=O) groups is 2. The van der Waals surface area contributed by atoms with Crippen LogP contribution >= 0.6 is 0 Å². The lowest BCUT2D eigenvalue weighted by Crippen LogP contribution is -2.50. The van der Waals surface area contributed by atoms with Crippen molar-refractivity contribution in [2.75, 3.05) is 32.7 Å². The lowest BCUT2D eigenvalue weighted by atomic mass is 10.1. The Kier molecular flexibility index (Phi) is 5.95. The van der Waals surface area contributed by atoms with E-state index in [1.165, 1.54) is 11.1 Å². The minimum absolute atomic E-state index is 0.0897. The van der Waals surface area contributed by atoms with Crippen molar-refractivity contribution in [3.05, 3.63) is 35.4 Å². The SMILES string of the molecule is CC(=O)N1CCN(C(=O)CCNCc2cccc(C)c2)CC1. The minimum atomic E-state index is 0.0897. The van der Waals surface area contributed by atoms with Gasteiger partial charge in [0.1, 0.15) is 0 Å². The fourth-order valence-corrected chi connectivity index (χ4v) is 2.68. The normalized spacial score (nSPS) is 15.0. The molecule has 0 aromatic heterocycles. The van der Waals surface area contributed by atoms with Crippen molar-refractivity contribution in [3.63, 3.8) is 0 Å². The second kappa shape index (κ2) is 7.94. The van der Waals surface area contributed by atoms with E-state index in [0.717, 1.165) is 6.54 Å². The molecule has 2 rings (SSSR count). The fraction of sp³-hybridized carbons (Fsp3) is 0.529. The van der Waals surface area contributed by atoms with Crippen LogP contribution in [-0.2, 0) is 16.1 Å². The Labute approximate surface area is 132 Å². The van der Waals surface area contributed by atoms with Gasteiger partial charge in [-0.3, -0.25) is 9.59 Å². The van der Waals surface area contributed by atoms with Crippen molar-refractivity contribution in [1.29, 1.82) is 0 Å². The molecule has 5 nitrogen and oxygen atoms in total. The van der Waals surface area contributed by atoms with E-state index >= 15 is 0 Å². The van der Waals surface area contributed by atoms with E-state index in [0.29, 0.717) is 39.1 Å². The van der Waals surface area contributed by atoms with E-state index in [1.807, 2.05) is 11.0 Å². The van der Waals surface area contributed by atoms with Crippen molar-refractivity contribution >= 4 is 11.8 Å². The van der Waals surface area contributed by atoms with E-state index < -0.39 is 0 Å². The van der Waals surface area contributed by atoms with Crippen LogP contribution in [0.1, 0.15) is 24.5 Å². The van der Waals surface area contributed by atoms with Crippen molar-refractivity contribution in [1.82, 2.24) is 15.1 Å². The van der Waals surface area contributed by atoms with E-state index in [1.54, 1.807) is 11.8 Å². The molecule has 1 aliphatic heterocycles. The third kappa shape index (κ3) is 4.84. The number of carbonyl (C=O) groups excluding carboxylic acids is 2. The van der Waals surface area contributed by atoms with Crippen molar-refractivity contribution < 1.29 is 9.59 Å². The number of benzene rings is 1. The lowest BCUT2D eigenvalue weighted by molar-refractivity contribution is -0.138. The number of hydrogen-bond donors (Lipinski definition) is 1. The minimum Gasteiger partial charge on any atom is -0.339 e. The Hall–Kier alpha value is -1.88. The maximum atomic E-state index is 12.1. The van der Waals surface area contributed by atoms with Gasteiger partial charge in [-0.2, -0.15) is 0 Å². The molecule has 120 valence electrons. The molecule has 1 saturated heterocycles. The van der Waals surface area contributed by atoms with Gasteiger partial charge < -0.3 is 15.1 Å². The van der Waals surface area contributed by atoms with Crippen LogP contribution in [0, 0.1) is 6.92 Å². The van der Waals surface area contributed by atoms with Crippen LogP contribution in [0.15, 0.2) is 24.3 Å². The van der Waals surface area contributed by atoms with Crippen LogP contribution in [-0.4, -0.2) is 54.3 Å². The molecular weight excluding hydrogens is 278 g/mol. The molecule has 5 heteroatoms. The third-order valence-corrected chi connectivity index (χ3v) is 4.00. The Morgan fingerprint density at radius 1 is 1.14 bits per heavy atom. The Morgan fingerprint density at radius 2 is 1.82 bits per heavy atom. The first-order valence-corrected chi connectivity index (χ1v) is 7.86. The van der Waals surface area contributed by atoms with Crippen LogP contribution < -0.4 is 5.32 Å². The summed E-state index contributed by atoms with van der Waals surface area (Å²) in [6.07, 6.45) is 0.506. The highest BCUT2D eigenvalue weighted by Crippen LogP contribution is 2.05. The van der Waals surface area contributed by atoms with Crippen LogP contribution in [0.3, 0.4) is 0 Å². The van der Waals surface area contributed by atoms with Gasteiger partial charge in [0, 0.05) is 52.6 Å². The van der Waals surface area contributed by atoms with Crippen molar-refractivity contribution in [2.24, 2.45) is 0 Å². The smallest absolute Gasteiger partial charge is 0.223 e. The zero-order valence-electron chi connectivity index (χ0n) is 13.5. The number of nitrogens with zero attached hydrogens (tertiary/aromatic N) is 2. The number of nitrogens with one attached hydrogen (secondary N) is 1. The average Bonchev–Trinajstić information content (AvgIpc) is 2.51. The summed E-state index contributed by atoms with van der Waals surface area (Å²) in [5.41, 5.74) is 2.49. The predicted octanol–water partition coefficient (Wildman–Crippen LogP) is 1.17. The molecule has 2 amide bonds. The van der Waals surface area contributed by atoms with Gasteiger partial charge >= 0.3 is 0 Å². The van der Waals surface area contributed by atoms with E-state index in [2.05, 4.69) is 30.4 Å². The first-order chi connectivity index (χ1) is 10.6. The number of amides is 2. The molecule has 0 saturated carbocycles. The van der Waals surface area contributed by atoms with Crippen LogP contribution in [0.2, 0.25) is 0 Å². The van der Waals surface area contributed by atoms with Gasteiger partial charge in [0.15, 0.2) is 0 Å². The molecule has 1 fully saturated rings. The lowest BCUT2D eigenvalue weighted by Gasteiger charge is -2.34. The summed E-state index contributed by atoms with van der Waals surface area (Å²) >= 11 is 0. The summed E-state index contributed by atoms with van der Waals surface area (Å²) < 4.78 is 0. The monoisotopic (exact) mass is 303 g/mol. The molecule has 0 radical (unpaired) electrons. The summed E-state index contributed by atoms with van der Waals surface area (Å²) in [6, 6.07) is 8.36. The highest BCUT2D eigenvalue weighted by Gasteiger charge is 2.21. The quantitative estimate of drug-likeness (QED) is 0.831. The fourth-order valence-electron chi connectivity index (χ4n) is 2.68. The molecule has 0 aliphatic carbocycles. The summed E-state index contributed by atoms with van der Waals surface area (Å²) in [4.78, 5) is 27.0. The Bertz CT molecular complexity index is 522. The second-order valence-electron chi connectivity index (χ2n) is 5.80. The van der Waals surface area contributed by atoms with Gasteiger partial charge in [0.25, 0.3) is 0 Å². The molecule has 1 aromatic carbocycles. The molecule has 1 N–H and O–H groups in total. The van der Waals surface area contributed by atoms with Crippen LogP contribution in [0.25, 0.3) is 0 Å². The van der Waals surface area contributed by atoms with Gasteiger partial charge in [0.2, 0.25) is 11.8 Å². The molecule has 0 atom stereocenters. The second-order valence-corrected chi connectivity index (χ2v) is 5.80. The Morgan fingerprint density at radius 3 is 2.45 bits per heavy atom. The van der Waals surface area contributed by atoms with Gasteiger partial charge in [-0.05, 0) is 12.5 Å². The summed E-state index contributed by atoms with van der Waals surface area (Å²) in [7, 11) is 0. The zero-order valence-corrected chi connectivity index (χ0v) is 13.5. The van der Waals surface area contributed by atoms with Crippen molar-refractivity contribution in [3.8, 4) is 0 Å². The zero-order chi connectivity index (χ0) is 15.9. The molecule has 0 unspecified atom stereocenters. The number of rotatable bonds is 5. The summed E-state index contributed by atoms with van der Waals surface area (Å²) in [6.45, 7) is 7.72. The topological polar surface area (TPSA) is 52.7 Å².